The molecule has 0 aliphatic rings. The first-order valence-corrected chi connectivity index (χ1v) is 12.3. The number of benzene rings is 2. The van der Waals surface area contributed by atoms with Crippen LogP contribution in [0.1, 0.15) is 18.9 Å². The minimum atomic E-state index is -4.74. The van der Waals surface area contributed by atoms with Gasteiger partial charge in [0.1, 0.15) is 5.75 Å². The van der Waals surface area contributed by atoms with Crippen LogP contribution in [0.4, 0.5) is 18.0 Å². The highest BCUT2D eigenvalue weighted by molar-refractivity contribution is 7.07. The Morgan fingerprint density at radius 1 is 1.11 bits per heavy atom. The lowest BCUT2D eigenvalue weighted by atomic mass is 10.1. The molecule has 12 heteroatoms. The second-order valence-corrected chi connectivity index (χ2v) is 8.48. The van der Waals surface area contributed by atoms with Crippen molar-refractivity contribution in [2.75, 3.05) is 20.2 Å². The fourth-order valence-electron chi connectivity index (χ4n) is 3.14. The molecule has 3 rings (SSSR count). The zero-order valence-corrected chi connectivity index (χ0v) is 21.4. The molecule has 0 atom stereocenters. The SMILES string of the molecule is CCNC(=O)NCCCn1c(-c2ccc(OC(F)(F)F)cc2)csc1=NCc1ccc(Cl)cc1.CO. The Kier molecular flexibility index (Phi) is 11.8. The molecule has 0 fully saturated rings. The van der Waals surface area contributed by atoms with Gasteiger partial charge in [-0.15, -0.1) is 24.5 Å². The number of alkyl halides is 3. The van der Waals surface area contributed by atoms with E-state index in [2.05, 4.69) is 15.4 Å². The topological polar surface area (TPSA) is 87.9 Å². The van der Waals surface area contributed by atoms with Gasteiger partial charge >= 0.3 is 12.4 Å². The van der Waals surface area contributed by atoms with E-state index in [4.69, 9.17) is 21.7 Å². The van der Waals surface area contributed by atoms with Crippen molar-refractivity contribution in [2.45, 2.75) is 32.8 Å². The maximum Gasteiger partial charge on any atom is 0.573 e. The zero-order chi connectivity index (χ0) is 26.6. The average molecular weight is 545 g/mol. The molecule has 0 aliphatic heterocycles. The highest BCUT2D eigenvalue weighted by Gasteiger charge is 2.31. The predicted molar refractivity (Wildman–Crippen MR) is 135 cm³/mol. The van der Waals surface area contributed by atoms with E-state index < -0.39 is 6.36 Å². The van der Waals surface area contributed by atoms with Gasteiger partial charge in [-0.25, -0.2) is 4.79 Å². The number of thiazole rings is 1. The number of urea groups is 1. The highest BCUT2D eigenvalue weighted by atomic mass is 35.5. The summed E-state index contributed by atoms with van der Waals surface area (Å²) in [5, 5.41) is 15.0. The van der Waals surface area contributed by atoms with Crippen LogP contribution in [0.5, 0.6) is 5.75 Å². The number of amides is 2. The van der Waals surface area contributed by atoms with Crippen molar-refractivity contribution >= 4 is 29.0 Å². The van der Waals surface area contributed by atoms with Gasteiger partial charge in [-0.1, -0.05) is 23.7 Å². The summed E-state index contributed by atoms with van der Waals surface area (Å²) < 4.78 is 43.4. The number of halogens is 4. The monoisotopic (exact) mass is 544 g/mol. The van der Waals surface area contributed by atoms with Gasteiger partial charge in [0.25, 0.3) is 0 Å². The molecular weight excluding hydrogens is 517 g/mol. The molecule has 1 aromatic heterocycles. The first-order valence-electron chi connectivity index (χ1n) is 11.0. The van der Waals surface area contributed by atoms with Gasteiger partial charge in [0.15, 0.2) is 4.80 Å². The summed E-state index contributed by atoms with van der Waals surface area (Å²) in [5.74, 6) is -0.281. The number of nitrogens with zero attached hydrogens (tertiary/aromatic N) is 2. The van der Waals surface area contributed by atoms with Crippen molar-refractivity contribution in [3.8, 4) is 17.0 Å². The smallest absolute Gasteiger partial charge is 0.406 e. The number of hydrogen-bond donors (Lipinski definition) is 3. The van der Waals surface area contributed by atoms with Crippen molar-refractivity contribution < 1.29 is 27.8 Å². The Balaban J connectivity index is 0.00000222. The number of carbonyl (C=O) groups is 1. The Hall–Kier alpha value is -3.02. The standard InChI is InChI=1S/C23H24ClF3N4O2S.CH4O/c1-2-28-21(32)29-12-3-13-31-20(17-6-10-19(11-7-17)33-23(25,26)27)15-34-22(31)30-14-16-4-8-18(24)9-5-16;1-2/h4-11,15H,2-3,12-14H2,1H3,(H2,28,29,32);2H,1H3. The molecular formula is C24H28ClF3N4O3S. The predicted octanol–water partition coefficient (Wildman–Crippen LogP) is 5.19. The lowest BCUT2D eigenvalue weighted by Gasteiger charge is -2.12. The third-order valence-electron chi connectivity index (χ3n) is 4.67. The van der Waals surface area contributed by atoms with Gasteiger partial charge in [0, 0.05) is 37.1 Å². The summed E-state index contributed by atoms with van der Waals surface area (Å²) in [6.07, 6.45) is -4.10. The van der Waals surface area contributed by atoms with Crippen molar-refractivity contribution in [1.82, 2.24) is 15.2 Å². The third kappa shape index (κ3) is 9.56. The van der Waals surface area contributed by atoms with Gasteiger partial charge in [-0.05, 0) is 60.9 Å². The molecule has 0 bridgehead atoms. The van der Waals surface area contributed by atoms with Crippen LogP contribution >= 0.6 is 22.9 Å². The Morgan fingerprint density at radius 2 is 1.78 bits per heavy atom. The van der Waals surface area contributed by atoms with E-state index in [0.29, 0.717) is 37.6 Å². The van der Waals surface area contributed by atoms with E-state index in [0.717, 1.165) is 28.7 Å². The van der Waals surface area contributed by atoms with Gasteiger partial charge in [0.05, 0.1) is 12.2 Å². The number of hydrogen-bond acceptors (Lipinski definition) is 5. The Labute approximate surface area is 216 Å². The normalized spacial score (nSPS) is 11.5. The average Bonchev–Trinajstić information content (AvgIpc) is 3.25. The first-order chi connectivity index (χ1) is 17.2. The maximum atomic E-state index is 12.5. The summed E-state index contributed by atoms with van der Waals surface area (Å²) >= 11 is 7.39. The van der Waals surface area contributed by atoms with Crippen LogP contribution < -0.4 is 20.2 Å². The molecule has 0 aliphatic carbocycles. The summed E-state index contributed by atoms with van der Waals surface area (Å²) in [7, 11) is 1.00. The van der Waals surface area contributed by atoms with Crippen LogP contribution in [0, 0.1) is 0 Å². The largest absolute Gasteiger partial charge is 0.573 e. The highest BCUT2D eigenvalue weighted by Crippen LogP contribution is 2.27. The van der Waals surface area contributed by atoms with Crippen LogP contribution in [0.3, 0.4) is 0 Å². The molecule has 2 amide bonds. The van der Waals surface area contributed by atoms with Crippen molar-refractivity contribution in [3.63, 3.8) is 0 Å². The molecule has 1 heterocycles. The summed E-state index contributed by atoms with van der Waals surface area (Å²) in [6, 6.07) is 12.9. The third-order valence-corrected chi connectivity index (χ3v) is 5.83. The molecule has 0 saturated heterocycles. The van der Waals surface area contributed by atoms with E-state index in [1.54, 1.807) is 24.3 Å². The first kappa shape index (κ1) is 29.2. The van der Waals surface area contributed by atoms with Crippen molar-refractivity contribution in [2.24, 2.45) is 4.99 Å². The summed E-state index contributed by atoms with van der Waals surface area (Å²) in [4.78, 5) is 17.1. The molecule has 7 nitrogen and oxygen atoms in total. The van der Waals surface area contributed by atoms with Crippen LogP contribution in [0.15, 0.2) is 58.9 Å². The summed E-state index contributed by atoms with van der Waals surface area (Å²) in [6.45, 7) is 3.85. The van der Waals surface area contributed by atoms with Crippen molar-refractivity contribution in [3.05, 3.63) is 69.3 Å². The number of ether oxygens (including phenoxy) is 1. The number of aliphatic hydroxyl groups excluding tert-OH is 1. The molecule has 3 N–H and O–H groups in total. The fraction of sp³-hybridized carbons (Fsp3) is 0.333. The van der Waals surface area contributed by atoms with E-state index >= 15 is 0 Å². The molecule has 196 valence electrons. The van der Waals surface area contributed by atoms with E-state index in [1.807, 2.05) is 29.0 Å². The fourth-order valence-corrected chi connectivity index (χ4v) is 4.20. The van der Waals surface area contributed by atoms with Gasteiger partial charge in [-0.2, -0.15) is 0 Å². The molecule has 0 saturated carbocycles. The maximum absolute atomic E-state index is 12.5. The quantitative estimate of drug-likeness (QED) is 0.324. The molecule has 2 aromatic carbocycles. The number of rotatable bonds is 9. The van der Waals surface area contributed by atoms with Crippen LogP contribution in [-0.2, 0) is 13.1 Å². The minimum Gasteiger partial charge on any atom is -0.406 e. The van der Waals surface area contributed by atoms with Crippen molar-refractivity contribution in [1.29, 1.82) is 0 Å². The van der Waals surface area contributed by atoms with Gasteiger partial charge in [0.2, 0.25) is 0 Å². The Bertz CT molecular complexity index is 1150. The second-order valence-electron chi connectivity index (χ2n) is 7.21. The van der Waals surface area contributed by atoms with Crippen LogP contribution in [0.25, 0.3) is 11.3 Å². The minimum absolute atomic E-state index is 0.231. The number of aliphatic hydroxyl groups is 1. The van der Waals surface area contributed by atoms with E-state index in [9.17, 15) is 18.0 Å². The second kappa shape index (κ2) is 14.5. The number of aromatic nitrogens is 1. The molecule has 36 heavy (non-hydrogen) atoms. The van der Waals surface area contributed by atoms with Crippen LogP contribution in [-0.4, -0.2) is 42.3 Å². The van der Waals surface area contributed by atoms with E-state index in [1.165, 1.54) is 23.5 Å². The van der Waals surface area contributed by atoms with E-state index in [-0.39, 0.29) is 11.8 Å². The summed E-state index contributed by atoms with van der Waals surface area (Å²) in [5.41, 5.74) is 2.55. The van der Waals surface area contributed by atoms with Gasteiger partial charge in [-0.3, -0.25) is 4.99 Å². The zero-order valence-electron chi connectivity index (χ0n) is 19.8. The lowest BCUT2D eigenvalue weighted by molar-refractivity contribution is -0.274. The number of nitrogens with one attached hydrogen (secondary N) is 2. The number of carbonyl (C=O) groups excluding carboxylic acids is 1. The molecule has 0 unspecified atom stereocenters. The van der Waals surface area contributed by atoms with Crippen LogP contribution in [0.2, 0.25) is 5.02 Å². The molecule has 0 radical (unpaired) electrons. The molecule has 3 aromatic rings. The molecule has 0 spiro atoms. The van der Waals surface area contributed by atoms with Gasteiger partial charge < -0.3 is 25.0 Å². The Morgan fingerprint density at radius 3 is 2.39 bits per heavy atom. The lowest BCUT2D eigenvalue weighted by Crippen LogP contribution is -2.36.